The molecule has 1 N–H and O–H groups in total. The van der Waals surface area contributed by atoms with Gasteiger partial charge >= 0.3 is 0 Å². The van der Waals surface area contributed by atoms with Gasteiger partial charge in [0.15, 0.2) is 0 Å². The minimum atomic E-state index is 0.368. The summed E-state index contributed by atoms with van der Waals surface area (Å²) < 4.78 is 0. The molecule has 0 saturated carbocycles. The normalized spacial score (nSPS) is 14.1. The summed E-state index contributed by atoms with van der Waals surface area (Å²) in [5, 5.41) is 11.5. The summed E-state index contributed by atoms with van der Waals surface area (Å²) >= 11 is 0. The topological polar surface area (TPSA) is 33.1 Å². The molecule has 0 spiro atoms. The van der Waals surface area contributed by atoms with Crippen molar-refractivity contribution in [2.24, 2.45) is 5.92 Å². The van der Waals surface area contributed by atoms with Crippen molar-refractivity contribution in [2.45, 2.75) is 65.2 Å². The van der Waals surface area contributed by atoms with Crippen molar-refractivity contribution >= 4 is 10.9 Å². The summed E-state index contributed by atoms with van der Waals surface area (Å²) in [6, 6.07) is 8.04. The fourth-order valence-corrected chi connectivity index (χ4v) is 3.23. The second-order valence-corrected chi connectivity index (χ2v) is 6.47. The highest BCUT2D eigenvalue weighted by molar-refractivity contribution is 5.85. The van der Waals surface area contributed by atoms with Crippen LogP contribution in [-0.4, -0.2) is 10.1 Å². The molecule has 2 heteroatoms. The second-order valence-electron chi connectivity index (χ2n) is 6.47. The third-order valence-electron chi connectivity index (χ3n) is 4.86. The van der Waals surface area contributed by atoms with Crippen LogP contribution in [0, 0.1) is 5.92 Å². The molecule has 0 amide bonds. The van der Waals surface area contributed by atoms with Crippen LogP contribution < -0.4 is 0 Å². The smallest absolute Gasteiger partial charge is 0.145 e. The molecule has 2 rings (SSSR count). The molecule has 0 aliphatic carbocycles. The first-order valence-corrected chi connectivity index (χ1v) is 8.73. The van der Waals surface area contributed by atoms with Crippen LogP contribution in [0.15, 0.2) is 30.5 Å². The van der Waals surface area contributed by atoms with E-state index in [2.05, 4.69) is 37.9 Å². The van der Waals surface area contributed by atoms with Crippen LogP contribution in [-0.2, 0) is 0 Å². The van der Waals surface area contributed by atoms with E-state index >= 15 is 0 Å². The Morgan fingerprint density at radius 1 is 1.09 bits per heavy atom. The zero-order valence-electron chi connectivity index (χ0n) is 14.2. The number of phenols is 1. The first-order chi connectivity index (χ1) is 10.7. The summed E-state index contributed by atoms with van der Waals surface area (Å²) in [5.74, 6) is 1.57. The first kappa shape index (κ1) is 16.8. The van der Waals surface area contributed by atoms with Gasteiger partial charge in [0.25, 0.3) is 0 Å². The van der Waals surface area contributed by atoms with Crippen molar-refractivity contribution in [3.05, 3.63) is 36.0 Å². The Kier molecular flexibility index (Phi) is 6.23. The van der Waals surface area contributed by atoms with Gasteiger partial charge in [-0.1, -0.05) is 64.7 Å². The molecule has 2 nitrogen and oxygen atoms in total. The van der Waals surface area contributed by atoms with E-state index in [-0.39, 0.29) is 0 Å². The summed E-state index contributed by atoms with van der Waals surface area (Å²) in [4.78, 5) is 4.33. The minimum absolute atomic E-state index is 0.368. The first-order valence-electron chi connectivity index (χ1n) is 8.73. The summed E-state index contributed by atoms with van der Waals surface area (Å²) in [6.45, 7) is 6.77. The maximum Gasteiger partial charge on any atom is 0.145 e. The number of aromatic nitrogens is 1. The predicted octanol–water partition coefficient (Wildman–Crippen LogP) is 6.04. The Morgan fingerprint density at radius 2 is 1.91 bits per heavy atom. The van der Waals surface area contributed by atoms with Crippen LogP contribution in [0.25, 0.3) is 10.9 Å². The number of hydrogen-bond acceptors (Lipinski definition) is 2. The van der Waals surface area contributed by atoms with E-state index < -0.39 is 0 Å². The van der Waals surface area contributed by atoms with E-state index in [1.807, 2.05) is 12.1 Å². The second kappa shape index (κ2) is 8.17. The van der Waals surface area contributed by atoms with Gasteiger partial charge in [-0.05, 0) is 36.3 Å². The van der Waals surface area contributed by atoms with E-state index in [1.165, 1.54) is 32.1 Å². The Bertz CT molecular complexity index is 593. The highest BCUT2D eigenvalue weighted by Gasteiger charge is 2.15. The van der Waals surface area contributed by atoms with Crippen LogP contribution in [0.5, 0.6) is 5.75 Å². The average Bonchev–Trinajstić information content (AvgIpc) is 2.55. The van der Waals surface area contributed by atoms with Crippen molar-refractivity contribution in [2.75, 3.05) is 0 Å². The number of phenolic OH excluding ortho intramolecular Hbond substituents is 1. The minimum Gasteiger partial charge on any atom is -0.505 e. The van der Waals surface area contributed by atoms with E-state index in [4.69, 9.17) is 0 Å². The molecule has 0 radical (unpaired) electrons. The molecule has 0 bridgehead atoms. The van der Waals surface area contributed by atoms with Gasteiger partial charge in [0.1, 0.15) is 11.3 Å². The lowest BCUT2D eigenvalue weighted by Crippen LogP contribution is -2.03. The SMILES string of the molecule is CCCC[C@@H](CC)CC[C@H](C)c1ccc2cccnc2c1O. The number of fused-ring (bicyclic) bond motifs is 1. The zero-order valence-corrected chi connectivity index (χ0v) is 14.2. The number of nitrogens with zero attached hydrogens (tertiary/aromatic N) is 1. The molecule has 1 heterocycles. The quantitative estimate of drug-likeness (QED) is 0.644. The van der Waals surface area contributed by atoms with Crippen LogP contribution in [0.1, 0.15) is 70.8 Å². The van der Waals surface area contributed by atoms with Gasteiger partial charge in [-0.25, -0.2) is 0 Å². The predicted molar refractivity (Wildman–Crippen MR) is 94.4 cm³/mol. The van der Waals surface area contributed by atoms with E-state index in [1.54, 1.807) is 6.20 Å². The third-order valence-corrected chi connectivity index (χ3v) is 4.86. The fourth-order valence-electron chi connectivity index (χ4n) is 3.23. The molecule has 0 aliphatic rings. The largest absolute Gasteiger partial charge is 0.505 e. The third kappa shape index (κ3) is 4.00. The van der Waals surface area contributed by atoms with Gasteiger partial charge in [-0.2, -0.15) is 0 Å². The zero-order chi connectivity index (χ0) is 15.9. The lowest BCUT2D eigenvalue weighted by molar-refractivity contribution is 0.392. The molecule has 2 atom stereocenters. The fraction of sp³-hybridized carbons (Fsp3) is 0.550. The van der Waals surface area contributed by atoms with Crippen molar-refractivity contribution in [3.8, 4) is 5.75 Å². The molecular formula is C20H29NO. The standard InChI is InChI=1S/C20H29NO/c1-4-6-8-16(5-2)11-10-15(3)18-13-12-17-9-7-14-21-19(17)20(18)22/h7,9,12-16,22H,4-6,8,10-11H2,1-3H3/t15-,16+/m0/s1. The van der Waals surface area contributed by atoms with E-state index in [9.17, 15) is 5.11 Å². The van der Waals surface area contributed by atoms with Crippen LogP contribution in [0.3, 0.4) is 0 Å². The molecule has 22 heavy (non-hydrogen) atoms. The highest BCUT2D eigenvalue weighted by atomic mass is 16.3. The van der Waals surface area contributed by atoms with Crippen molar-refractivity contribution in [1.82, 2.24) is 4.98 Å². The monoisotopic (exact) mass is 299 g/mol. The Hall–Kier alpha value is -1.57. The van der Waals surface area contributed by atoms with Crippen molar-refractivity contribution < 1.29 is 5.11 Å². The lowest BCUT2D eigenvalue weighted by Gasteiger charge is -2.19. The molecule has 120 valence electrons. The van der Waals surface area contributed by atoms with Gasteiger partial charge in [-0.15, -0.1) is 0 Å². The van der Waals surface area contributed by atoms with Gasteiger partial charge in [0.2, 0.25) is 0 Å². The van der Waals surface area contributed by atoms with Crippen LogP contribution in [0.2, 0.25) is 0 Å². The van der Waals surface area contributed by atoms with Gasteiger partial charge in [0, 0.05) is 11.6 Å². The van der Waals surface area contributed by atoms with Crippen LogP contribution in [0.4, 0.5) is 0 Å². The number of rotatable bonds is 8. The Morgan fingerprint density at radius 3 is 2.64 bits per heavy atom. The number of hydrogen-bond donors (Lipinski definition) is 1. The van der Waals surface area contributed by atoms with Crippen molar-refractivity contribution in [3.63, 3.8) is 0 Å². The number of unbranched alkanes of at least 4 members (excludes halogenated alkanes) is 1. The summed E-state index contributed by atoms with van der Waals surface area (Å²) in [6.07, 6.45) is 9.34. The molecule has 1 aromatic heterocycles. The Labute approximate surface area is 134 Å². The molecule has 1 aromatic carbocycles. The average molecular weight is 299 g/mol. The van der Waals surface area contributed by atoms with E-state index in [0.717, 1.165) is 28.8 Å². The van der Waals surface area contributed by atoms with E-state index in [0.29, 0.717) is 11.7 Å². The molecular weight excluding hydrogens is 270 g/mol. The maximum absolute atomic E-state index is 10.5. The van der Waals surface area contributed by atoms with Crippen molar-refractivity contribution in [1.29, 1.82) is 0 Å². The number of pyridine rings is 1. The lowest BCUT2D eigenvalue weighted by atomic mass is 9.87. The summed E-state index contributed by atoms with van der Waals surface area (Å²) in [7, 11) is 0. The molecule has 0 saturated heterocycles. The molecule has 2 aromatic rings. The number of benzene rings is 1. The maximum atomic E-state index is 10.5. The highest BCUT2D eigenvalue weighted by Crippen LogP contribution is 2.35. The molecule has 0 unspecified atom stereocenters. The van der Waals surface area contributed by atoms with Gasteiger partial charge in [0.05, 0.1) is 0 Å². The molecule has 0 fully saturated rings. The molecule has 0 aliphatic heterocycles. The number of aromatic hydroxyl groups is 1. The van der Waals surface area contributed by atoms with Gasteiger partial charge in [-0.3, -0.25) is 4.98 Å². The van der Waals surface area contributed by atoms with Gasteiger partial charge < -0.3 is 5.11 Å². The Balaban J connectivity index is 2.06. The van der Waals surface area contributed by atoms with Crippen LogP contribution >= 0.6 is 0 Å². The summed E-state index contributed by atoms with van der Waals surface area (Å²) in [5.41, 5.74) is 1.77.